The first kappa shape index (κ1) is 13.3. The third kappa shape index (κ3) is 2.37. The Morgan fingerprint density at radius 2 is 2.00 bits per heavy atom. The Kier molecular flexibility index (Phi) is 3.40. The summed E-state index contributed by atoms with van der Waals surface area (Å²) in [5.41, 5.74) is 0.566. The van der Waals surface area contributed by atoms with Gasteiger partial charge in [0.1, 0.15) is 0 Å². The number of carboxylic acid groups (broad SMARTS) is 1. The van der Waals surface area contributed by atoms with Gasteiger partial charge in [-0.1, -0.05) is 23.7 Å². The fraction of sp³-hybridized carbons (Fsp3) is 0.154. The predicted molar refractivity (Wildman–Crippen MR) is 71.3 cm³/mol. The molecule has 0 aliphatic carbocycles. The van der Waals surface area contributed by atoms with Gasteiger partial charge in [-0.3, -0.25) is 4.79 Å². The van der Waals surface area contributed by atoms with E-state index in [0.29, 0.717) is 16.3 Å². The van der Waals surface area contributed by atoms with E-state index in [9.17, 15) is 9.59 Å². The third-order valence-electron chi connectivity index (χ3n) is 2.72. The van der Waals surface area contributed by atoms with Crippen LogP contribution in [0.2, 0.25) is 5.02 Å². The van der Waals surface area contributed by atoms with E-state index in [4.69, 9.17) is 16.7 Å². The Morgan fingerprint density at radius 3 is 2.63 bits per heavy atom. The quantitative estimate of drug-likeness (QED) is 0.914. The molecule has 98 valence electrons. The van der Waals surface area contributed by atoms with Gasteiger partial charge in [0, 0.05) is 11.8 Å². The van der Waals surface area contributed by atoms with Gasteiger partial charge in [-0.05, 0) is 25.5 Å². The van der Waals surface area contributed by atoms with Crippen LogP contribution in [0.4, 0.5) is 0 Å². The van der Waals surface area contributed by atoms with Crippen LogP contribution < -0.4 is 5.43 Å². The van der Waals surface area contributed by atoms with Crippen molar-refractivity contribution < 1.29 is 9.90 Å². The van der Waals surface area contributed by atoms with Crippen LogP contribution in [0.1, 0.15) is 21.6 Å². The Hall–Kier alpha value is -2.14. The number of hydrogen-bond donors (Lipinski definition) is 1. The van der Waals surface area contributed by atoms with Crippen LogP contribution >= 0.6 is 11.6 Å². The van der Waals surface area contributed by atoms with Gasteiger partial charge >= 0.3 is 5.97 Å². The summed E-state index contributed by atoms with van der Waals surface area (Å²) in [6, 6.07) is 5.32. The van der Waals surface area contributed by atoms with Crippen molar-refractivity contribution in [2.45, 2.75) is 13.8 Å². The molecule has 1 heterocycles. The second-order valence-electron chi connectivity index (χ2n) is 4.15. The highest BCUT2D eigenvalue weighted by Gasteiger charge is 2.15. The lowest BCUT2D eigenvalue weighted by Crippen LogP contribution is -2.23. The van der Waals surface area contributed by atoms with E-state index < -0.39 is 17.1 Å². The summed E-state index contributed by atoms with van der Waals surface area (Å²) in [5.74, 6) is -1.36. The zero-order valence-corrected chi connectivity index (χ0v) is 11.1. The molecule has 1 aromatic carbocycles. The lowest BCUT2D eigenvalue weighted by Gasteiger charge is -2.10. The van der Waals surface area contributed by atoms with Crippen LogP contribution in [0.5, 0.6) is 0 Å². The minimum atomic E-state index is -1.36. The lowest BCUT2D eigenvalue weighted by molar-refractivity contribution is 0.0686. The topological polar surface area (TPSA) is 72.2 Å². The molecule has 19 heavy (non-hydrogen) atoms. The summed E-state index contributed by atoms with van der Waals surface area (Å²) in [4.78, 5) is 22.7. The zero-order valence-electron chi connectivity index (χ0n) is 10.3. The highest BCUT2D eigenvalue weighted by Crippen LogP contribution is 2.23. The van der Waals surface area contributed by atoms with Crippen molar-refractivity contribution in [1.82, 2.24) is 9.78 Å². The molecule has 0 saturated carbocycles. The average Bonchev–Trinajstić information content (AvgIpc) is 2.35. The maximum absolute atomic E-state index is 11.7. The summed E-state index contributed by atoms with van der Waals surface area (Å²) in [6.45, 7) is 3.37. The fourth-order valence-electron chi connectivity index (χ4n) is 1.68. The van der Waals surface area contributed by atoms with Crippen molar-refractivity contribution in [1.29, 1.82) is 0 Å². The van der Waals surface area contributed by atoms with E-state index in [-0.39, 0.29) is 0 Å². The second kappa shape index (κ2) is 4.85. The predicted octanol–water partition coefficient (Wildman–Crippen LogP) is 2.20. The zero-order chi connectivity index (χ0) is 14.2. The van der Waals surface area contributed by atoms with Gasteiger partial charge < -0.3 is 5.11 Å². The molecule has 0 amide bonds. The molecule has 0 radical (unpaired) electrons. The van der Waals surface area contributed by atoms with Crippen LogP contribution in [-0.4, -0.2) is 20.9 Å². The van der Waals surface area contributed by atoms with E-state index in [0.717, 1.165) is 5.56 Å². The number of halogens is 1. The molecule has 5 nitrogen and oxygen atoms in total. The summed E-state index contributed by atoms with van der Waals surface area (Å²) in [5, 5.41) is 13.3. The molecule has 0 saturated heterocycles. The van der Waals surface area contributed by atoms with Crippen molar-refractivity contribution in [2.24, 2.45) is 0 Å². The molecule has 2 aromatic rings. The molecule has 0 spiro atoms. The Labute approximate surface area is 114 Å². The van der Waals surface area contributed by atoms with Crippen molar-refractivity contribution in [3.8, 4) is 5.69 Å². The Balaban J connectivity index is 2.74. The first-order chi connectivity index (χ1) is 8.91. The first-order valence-corrected chi connectivity index (χ1v) is 5.89. The number of aryl methyl sites for hydroxylation is 2. The van der Waals surface area contributed by atoms with Crippen molar-refractivity contribution >= 4 is 17.6 Å². The van der Waals surface area contributed by atoms with Gasteiger partial charge in [-0.25, -0.2) is 9.48 Å². The normalized spacial score (nSPS) is 10.5. The molecule has 0 bridgehead atoms. The molecule has 0 atom stereocenters. The number of carboxylic acids is 1. The molecule has 0 fully saturated rings. The fourth-order valence-corrected chi connectivity index (χ4v) is 1.90. The van der Waals surface area contributed by atoms with E-state index >= 15 is 0 Å². The average molecular weight is 279 g/mol. The van der Waals surface area contributed by atoms with Crippen LogP contribution in [0.15, 0.2) is 29.2 Å². The SMILES string of the molecule is Cc1cccc(-n2cc(C)c(=O)c(C(=O)O)n2)c1Cl. The standard InChI is InChI=1S/C13H11ClN2O3/c1-7-4-3-5-9(10(7)14)16-6-8(2)12(17)11(15-16)13(18)19/h3-6H,1-2H3,(H,18,19). The van der Waals surface area contributed by atoms with Crippen LogP contribution in [0.25, 0.3) is 5.69 Å². The van der Waals surface area contributed by atoms with E-state index in [1.165, 1.54) is 17.8 Å². The van der Waals surface area contributed by atoms with Crippen LogP contribution in [0, 0.1) is 13.8 Å². The molecule has 0 aliphatic heterocycles. The number of carbonyl (C=O) groups is 1. The molecule has 2 rings (SSSR count). The van der Waals surface area contributed by atoms with E-state index in [1.54, 1.807) is 12.1 Å². The summed E-state index contributed by atoms with van der Waals surface area (Å²) < 4.78 is 1.32. The van der Waals surface area contributed by atoms with Crippen LogP contribution in [0.3, 0.4) is 0 Å². The Bertz CT molecular complexity index is 722. The van der Waals surface area contributed by atoms with Crippen molar-refractivity contribution in [3.63, 3.8) is 0 Å². The van der Waals surface area contributed by atoms with Crippen molar-refractivity contribution in [2.75, 3.05) is 0 Å². The van der Waals surface area contributed by atoms with Gasteiger partial charge in [-0.15, -0.1) is 0 Å². The summed E-state index contributed by atoms with van der Waals surface area (Å²) >= 11 is 6.17. The first-order valence-electron chi connectivity index (χ1n) is 5.51. The molecular formula is C13H11ClN2O3. The number of benzene rings is 1. The maximum Gasteiger partial charge on any atom is 0.360 e. The molecule has 1 N–H and O–H groups in total. The minimum Gasteiger partial charge on any atom is -0.476 e. The van der Waals surface area contributed by atoms with E-state index in [2.05, 4.69) is 5.10 Å². The highest BCUT2D eigenvalue weighted by atomic mass is 35.5. The monoisotopic (exact) mass is 278 g/mol. The maximum atomic E-state index is 11.7. The number of aromatic carboxylic acids is 1. The molecule has 0 aliphatic rings. The van der Waals surface area contributed by atoms with Crippen molar-refractivity contribution in [3.05, 3.63) is 56.5 Å². The van der Waals surface area contributed by atoms with Gasteiger partial charge in [0.25, 0.3) is 0 Å². The van der Waals surface area contributed by atoms with Gasteiger partial charge in [-0.2, -0.15) is 5.10 Å². The van der Waals surface area contributed by atoms with Crippen LogP contribution in [-0.2, 0) is 0 Å². The lowest BCUT2D eigenvalue weighted by atomic mass is 10.2. The molecule has 0 unspecified atom stereocenters. The van der Waals surface area contributed by atoms with E-state index in [1.807, 2.05) is 13.0 Å². The third-order valence-corrected chi connectivity index (χ3v) is 3.21. The second-order valence-corrected chi connectivity index (χ2v) is 4.53. The van der Waals surface area contributed by atoms with Gasteiger partial charge in [0.15, 0.2) is 0 Å². The molecule has 1 aromatic heterocycles. The minimum absolute atomic E-state index is 0.296. The number of rotatable bonds is 2. The largest absolute Gasteiger partial charge is 0.476 e. The Morgan fingerprint density at radius 1 is 1.32 bits per heavy atom. The highest BCUT2D eigenvalue weighted by molar-refractivity contribution is 6.33. The number of nitrogens with zero attached hydrogens (tertiary/aromatic N) is 2. The van der Waals surface area contributed by atoms with Gasteiger partial charge in [0.2, 0.25) is 11.1 Å². The number of aromatic nitrogens is 2. The molecular weight excluding hydrogens is 268 g/mol. The molecule has 6 heteroatoms. The van der Waals surface area contributed by atoms with Gasteiger partial charge in [0.05, 0.1) is 10.7 Å². The smallest absolute Gasteiger partial charge is 0.360 e. The summed E-state index contributed by atoms with van der Waals surface area (Å²) in [6.07, 6.45) is 1.47. The number of hydrogen-bond acceptors (Lipinski definition) is 3. The summed E-state index contributed by atoms with van der Waals surface area (Å²) in [7, 11) is 0.